The summed E-state index contributed by atoms with van der Waals surface area (Å²) >= 11 is 1.17. The number of rotatable bonds is 7. The number of nitrogens with zero attached hydrogens (tertiary/aromatic N) is 3. The second-order valence-electron chi connectivity index (χ2n) is 7.98. The smallest absolute Gasteiger partial charge is 0.348 e. The molecule has 0 bridgehead atoms. The van der Waals surface area contributed by atoms with Crippen LogP contribution < -0.4 is 5.56 Å². The number of fused-ring (bicyclic) bond motifs is 1. The number of H-pyrrole nitrogens is 1. The van der Waals surface area contributed by atoms with Crippen molar-refractivity contribution in [3.8, 4) is 0 Å². The van der Waals surface area contributed by atoms with Crippen LogP contribution in [0.25, 0.3) is 10.2 Å². The summed E-state index contributed by atoms with van der Waals surface area (Å²) in [6.45, 7) is 5.96. The molecule has 1 atom stereocenters. The minimum absolute atomic E-state index is 0.0778. The Hall–Kier alpha value is -2.34. The Bertz CT molecular complexity index is 1040. The summed E-state index contributed by atoms with van der Waals surface area (Å²) < 4.78 is 15.6. The van der Waals surface area contributed by atoms with Crippen molar-refractivity contribution in [2.45, 2.75) is 32.4 Å². The van der Waals surface area contributed by atoms with Crippen LogP contribution in [0.15, 0.2) is 4.79 Å². The predicted molar refractivity (Wildman–Crippen MR) is 118 cm³/mol. The minimum atomic E-state index is -0.476. The topological polar surface area (TPSA) is 114 Å². The van der Waals surface area contributed by atoms with Gasteiger partial charge >= 0.3 is 5.97 Å². The fraction of sp³-hybridized carbons (Fsp3) is 0.619. The summed E-state index contributed by atoms with van der Waals surface area (Å²) in [5.41, 5.74) is 0.316. The molecule has 0 aromatic carbocycles. The van der Waals surface area contributed by atoms with Crippen LogP contribution in [0.5, 0.6) is 0 Å². The molecule has 2 fully saturated rings. The third kappa shape index (κ3) is 4.85. The number of esters is 1. The number of carbonyl (C=O) groups excluding carboxylic acids is 2. The maximum absolute atomic E-state index is 12.7. The Labute approximate surface area is 189 Å². The number of hydrogen-bond donors (Lipinski definition) is 1. The molecule has 32 heavy (non-hydrogen) atoms. The van der Waals surface area contributed by atoms with Gasteiger partial charge in [0.2, 0.25) is 0 Å². The Kier molecular flexibility index (Phi) is 7.19. The zero-order valence-electron chi connectivity index (χ0n) is 18.3. The number of aromatic amines is 1. The highest BCUT2D eigenvalue weighted by molar-refractivity contribution is 7.20. The highest BCUT2D eigenvalue weighted by Crippen LogP contribution is 2.28. The van der Waals surface area contributed by atoms with Gasteiger partial charge in [-0.15, -0.1) is 11.3 Å². The van der Waals surface area contributed by atoms with Crippen molar-refractivity contribution in [3.63, 3.8) is 0 Å². The average Bonchev–Trinajstić information content (AvgIpc) is 3.42. The van der Waals surface area contributed by atoms with Crippen LogP contribution in [0.3, 0.4) is 0 Å². The fourth-order valence-corrected chi connectivity index (χ4v) is 5.15. The second kappa shape index (κ2) is 10.1. The van der Waals surface area contributed by atoms with E-state index in [4.69, 9.17) is 14.2 Å². The number of carbonyl (C=O) groups is 2. The summed E-state index contributed by atoms with van der Waals surface area (Å²) in [5, 5.41) is 0.421. The maximum Gasteiger partial charge on any atom is 0.348 e. The third-order valence-corrected chi connectivity index (χ3v) is 6.98. The maximum atomic E-state index is 12.7. The second-order valence-corrected chi connectivity index (χ2v) is 8.98. The number of methoxy groups -OCH3 is 1. The van der Waals surface area contributed by atoms with E-state index >= 15 is 0 Å². The number of aryl methyl sites for hydroxylation is 1. The van der Waals surface area contributed by atoms with Crippen LogP contribution in [0.1, 0.15) is 33.9 Å². The van der Waals surface area contributed by atoms with E-state index < -0.39 is 5.97 Å². The molecule has 174 valence electrons. The van der Waals surface area contributed by atoms with Crippen molar-refractivity contribution in [2.24, 2.45) is 0 Å². The molecule has 4 heterocycles. The first-order chi connectivity index (χ1) is 15.5. The Morgan fingerprint density at radius 3 is 2.72 bits per heavy atom. The first-order valence-corrected chi connectivity index (χ1v) is 11.6. The summed E-state index contributed by atoms with van der Waals surface area (Å²) in [4.78, 5) is 49.9. The molecule has 2 aliphatic heterocycles. The van der Waals surface area contributed by atoms with Gasteiger partial charge in [-0.1, -0.05) is 0 Å². The van der Waals surface area contributed by atoms with Gasteiger partial charge in [0.05, 0.1) is 18.5 Å². The molecule has 1 amide bonds. The molecular formula is C21H28N4O6S. The zero-order chi connectivity index (χ0) is 22.7. The van der Waals surface area contributed by atoms with Gasteiger partial charge in [0.25, 0.3) is 11.5 Å². The van der Waals surface area contributed by atoms with E-state index in [9.17, 15) is 14.4 Å². The number of aromatic nitrogens is 2. The van der Waals surface area contributed by atoms with Crippen LogP contribution in [0.4, 0.5) is 0 Å². The zero-order valence-corrected chi connectivity index (χ0v) is 19.2. The van der Waals surface area contributed by atoms with Gasteiger partial charge in [0.15, 0.2) is 0 Å². The lowest BCUT2D eigenvalue weighted by molar-refractivity contribution is -0.142. The number of thiophene rings is 1. The van der Waals surface area contributed by atoms with Crippen molar-refractivity contribution in [3.05, 3.63) is 26.6 Å². The van der Waals surface area contributed by atoms with Gasteiger partial charge in [-0.2, -0.15) is 0 Å². The van der Waals surface area contributed by atoms with Crippen LogP contribution in [0, 0.1) is 6.92 Å². The Balaban J connectivity index is 1.41. The summed E-state index contributed by atoms with van der Waals surface area (Å²) in [7, 11) is 1.53. The van der Waals surface area contributed by atoms with E-state index in [1.807, 2.05) is 4.90 Å². The number of nitrogens with one attached hydrogen (secondary N) is 1. The summed E-state index contributed by atoms with van der Waals surface area (Å²) in [5.74, 6) is 0.145. The molecule has 0 radical (unpaired) electrons. The molecule has 2 saturated heterocycles. The van der Waals surface area contributed by atoms with Gasteiger partial charge in [-0.25, -0.2) is 9.78 Å². The molecule has 2 aliphatic rings. The fourth-order valence-electron chi connectivity index (χ4n) is 4.06. The normalized spacial score (nSPS) is 19.6. The monoisotopic (exact) mass is 464 g/mol. The first kappa shape index (κ1) is 22.8. The molecule has 0 saturated carbocycles. The van der Waals surface area contributed by atoms with Crippen molar-refractivity contribution < 1.29 is 23.8 Å². The molecule has 10 nitrogen and oxygen atoms in total. The lowest BCUT2D eigenvalue weighted by Gasteiger charge is -2.35. The predicted octanol–water partition coefficient (Wildman–Crippen LogP) is 0.919. The van der Waals surface area contributed by atoms with E-state index in [2.05, 4.69) is 14.9 Å². The first-order valence-electron chi connectivity index (χ1n) is 10.8. The molecule has 1 unspecified atom stereocenters. The molecule has 0 aliphatic carbocycles. The van der Waals surface area contributed by atoms with Gasteiger partial charge in [0.1, 0.15) is 28.2 Å². The number of piperazine rings is 1. The molecular weight excluding hydrogens is 436 g/mol. The number of amides is 1. The SMILES string of the molecule is COCCOC(=O)c1sc2nc(CN3CCN(C(=O)C4CCCO4)CC3)[nH]c(=O)c2c1C. The molecule has 0 spiro atoms. The average molecular weight is 465 g/mol. The standard InChI is InChI=1S/C21H28N4O6S/c1-13-16-18(26)22-15(23-19(16)32-17(13)21(28)31-11-10-29-2)12-24-5-7-25(8-6-24)20(27)14-4-3-9-30-14/h14H,3-12H2,1-2H3,(H,22,23,26). The Morgan fingerprint density at radius 1 is 1.25 bits per heavy atom. The third-order valence-electron chi connectivity index (χ3n) is 5.82. The van der Waals surface area contributed by atoms with E-state index in [0.29, 0.717) is 72.4 Å². The van der Waals surface area contributed by atoms with E-state index in [1.165, 1.54) is 18.4 Å². The van der Waals surface area contributed by atoms with Crippen molar-refractivity contribution in [2.75, 3.05) is 53.1 Å². The molecule has 2 aromatic rings. The van der Waals surface area contributed by atoms with Crippen LogP contribution >= 0.6 is 11.3 Å². The van der Waals surface area contributed by atoms with E-state index in [1.54, 1.807) is 6.92 Å². The molecule has 11 heteroatoms. The van der Waals surface area contributed by atoms with Crippen molar-refractivity contribution in [1.82, 2.24) is 19.8 Å². The minimum Gasteiger partial charge on any atom is -0.459 e. The lowest BCUT2D eigenvalue weighted by Crippen LogP contribution is -2.51. The van der Waals surface area contributed by atoms with Gasteiger partial charge in [0, 0.05) is 39.9 Å². The van der Waals surface area contributed by atoms with E-state index in [-0.39, 0.29) is 24.2 Å². The largest absolute Gasteiger partial charge is 0.459 e. The highest BCUT2D eigenvalue weighted by Gasteiger charge is 2.30. The van der Waals surface area contributed by atoms with Gasteiger partial charge < -0.3 is 24.1 Å². The van der Waals surface area contributed by atoms with E-state index in [0.717, 1.165) is 12.8 Å². The highest BCUT2D eigenvalue weighted by atomic mass is 32.1. The summed E-state index contributed by atoms with van der Waals surface area (Å²) in [6.07, 6.45) is 1.44. The van der Waals surface area contributed by atoms with Crippen LogP contribution in [-0.2, 0) is 25.5 Å². The molecule has 1 N–H and O–H groups in total. The van der Waals surface area contributed by atoms with Crippen LogP contribution in [0.2, 0.25) is 0 Å². The molecule has 2 aromatic heterocycles. The quantitative estimate of drug-likeness (QED) is 0.475. The van der Waals surface area contributed by atoms with Crippen molar-refractivity contribution in [1.29, 1.82) is 0 Å². The Morgan fingerprint density at radius 2 is 2.03 bits per heavy atom. The van der Waals surface area contributed by atoms with Crippen LogP contribution in [-0.4, -0.2) is 90.9 Å². The number of ether oxygens (including phenoxy) is 3. The summed E-state index contributed by atoms with van der Waals surface area (Å²) in [6, 6.07) is 0. The van der Waals surface area contributed by atoms with Gasteiger partial charge in [-0.05, 0) is 25.3 Å². The molecule has 4 rings (SSSR count). The lowest BCUT2D eigenvalue weighted by atomic mass is 10.2. The van der Waals surface area contributed by atoms with Gasteiger partial charge in [-0.3, -0.25) is 14.5 Å². The van der Waals surface area contributed by atoms with Crippen molar-refractivity contribution >= 4 is 33.4 Å². The number of hydrogen-bond acceptors (Lipinski definition) is 9.